The lowest BCUT2D eigenvalue weighted by Crippen LogP contribution is -2.41. The predicted molar refractivity (Wildman–Crippen MR) is 102 cm³/mol. The number of ether oxygens (including phenoxy) is 1. The molecule has 22 heavy (non-hydrogen) atoms. The van der Waals surface area contributed by atoms with Crippen LogP contribution in [0.3, 0.4) is 0 Å². The van der Waals surface area contributed by atoms with Crippen molar-refractivity contribution in [3.63, 3.8) is 0 Å². The molecule has 0 amide bonds. The Kier molecular flexibility index (Phi) is 11.9. The highest BCUT2D eigenvalue weighted by atomic mass is 127. The molecule has 1 atom stereocenters. The fourth-order valence-corrected chi connectivity index (χ4v) is 1.69. The number of hydrogen-bond acceptors (Lipinski definition) is 3. The summed E-state index contributed by atoms with van der Waals surface area (Å²) >= 11 is 0. The molecule has 0 saturated heterocycles. The van der Waals surface area contributed by atoms with Crippen molar-refractivity contribution in [1.29, 1.82) is 0 Å². The van der Waals surface area contributed by atoms with E-state index in [-0.39, 0.29) is 36.5 Å². The molecular formula is C16H28IN3O2. The molecule has 6 heteroatoms. The molecule has 0 aliphatic carbocycles. The van der Waals surface area contributed by atoms with E-state index in [1.54, 1.807) is 0 Å². The van der Waals surface area contributed by atoms with Gasteiger partial charge in [0.1, 0.15) is 12.4 Å². The molecule has 126 valence electrons. The topological polar surface area (TPSA) is 57.1 Å². The molecule has 0 heterocycles. The van der Waals surface area contributed by atoms with Gasteiger partial charge in [0.25, 0.3) is 0 Å². The van der Waals surface area contributed by atoms with Crippen molar-refractivity contribution in [1.82, 2.24) is 10.2 Å². The Bertz CT molecular complexity index is 415. The van der Waals surface area contributed by atoms with Crippen molar-refractivity contribution in [2.75, 3.05) is 39.9 Å². The van der Waals surface area contributed by atoms with Gasteiger partial charge in [-0.3, -0.25) is 4.99 Å². The maximum absolute atomic E-state index is 9.06. The van der Waals surface area contributed by atoms with Crippen LogP contribution in [0.15, 0.2) is 35.3 Å². The molecule has 1 rings (SSSR count). The highest BCUT2D eigenvalue weighted by Crippen LogP contribution is 2.07. The van der Waals surface area contributed by atoms with Gasteiger partial charge in [0.15, 0.2) is 5.96 Å². The van der Waals surface area contributed by atoms with Gasteiger partial charge >= 0.3 is 0 Å². The lowest BCUT2D eigenvalue weighted by Gasteiger charge is -2.22. The third-order valence-corrected chi connectivity index (χ3v) is 3.00. The highest BCUT2D eigenvalue weighted by molar-refractivity contribution is 14.0. The van der Waals surface area contributed by atoms with Crippen molar-refractivity contribution < 1.29 is 9.84 Å². The van der Waals surface area contributed by atoms with E-state index in [0.29, 0.717) is 13.2 Å². The molecule has 0 aliphatic rings. The van der Waals surface area contributed by atoms with Crippen LogP contribution in [0.1, 0.15) is 13.8 Å². The van der Waals surface area contributed by atoms with Gasteiger partial charge in [-0.1, -0.05) is 25.1 Å². The summed E-state index contributed by atoms with van der Waals surface area (Å²) in [4.78, 5) is 6.56. The summed E-state index contributed by atoms with van der Waals surface area (Å²) in [5.74, 6) is 1.89. The lowest BCUT2D eigenvalue weighted by atomic mass is 10.2. The van der Waals surface area contributed by atoms with Gasteiger partial charge in [-0.15, -0.1) is 24.0 Å². The first-order chi connectivity index (χ1) is 10.2. The molecule has 0 radical (unpaired) electrons. The number of para-hydroxylation sites is 1. The summed E-state index contributed by atoms with van der Waals surface area (Å²) in [6.45, 7) is 6.95. The van der Waals surface area contributed by atoms with Crippen LogP contribution >= 0.6 is 24.0 Å². The van der Waals surface area contributed by atoms with Gasteiger partial charge in [0.2, 0.25) is 0 Å². The van der Waals surface area contributed by atoms with Crippen LogP contribution in [0.5, 0.6) is 5.75 Å². The number of aliphatic hydroxyl groups excluding tert-OH is 1. The number of guanidine groups is 1. The van der Waals surface area contributed by atoms with Crippen LogP contribution < -0.4 is 10.1 Å². The average molecular weight is 421 g/mol. The minimum atomic E-state index is 0. The minimum absolute atomic E-state index is 0. The maximum atomic E-state index is 9.06. The zero-order chi connectivity index (χ0) is 15.5. The first-order valence-electron chi connectivity index (χ1n) is 7.45. The van der Waals surface area contributed by atoms with Gasteiger partial charge in [-0.2, -0.15) is 0 Å². The molecule has 1 aromatic carbocycles. The smallest absolute Gasteiger partial charge is 0.193 e. The fraction of sp³-hybridized carbons (Fsp3) is 0.562. The van der Waals surface area contributed by atoms with E-state index in [1.165, 1.54) is 0 Å². The maximum Gasteiger partial charge on any atom is 0.193 e. The molecule has 0 aliphatic heterocycles. The van der Waals surface area contributed by atoms with Crippen molar-refractivity contribution in [3.05, 3.63) is 30.3 Å². The molecule has 2 N–H and O–H groups in total. The zero-order valence-corrected chi connectivity index (χ0v) is 16.0. The number of nitrogens with zero attached hydrogens (tertiary/aromatic N) is 2. The van der Waals surface area contributed by atoms with Gasteiger partial charge in [-0.25, -0.2) is 0 Å². The summed E-state index contributed by atoms with van der Waals surface area (Å²) in [7, 11) is 1.99. The first kappa shape index (κ1) is 21.0. The molecule has 0 bridgehead atoms. The quantitative estimate of drug-likeness (QED) is 0.384. The number of aliphatic hydroxyl groups is 1. The SMILES string of the molecule is CCNC(=NCC(C)CO)N(C)CCOc1ccccc1.I. The summed E-state index contributed by atoms with van der Waals surface area (Å²) in [5.41, 5.74) is 0. The number of benzene rings is 1. The number of nitrogens with one attached hydrogen (secondary N) is 1. The van der Waals surface area contributed by atoms with Crippen LogP contribution in [0, 0.1) is 5.92 Å². The number of likely N-dealkylation sites (N-methyl/N-ethyl adjacent to an activating group) is 1. The van der Waals surface area contributed by atoms with E-state index in [1.807, 2.05) is 56.1 Å². The third-order valence-electron chi connectivity index (χ3n) is 3.00. The Labute approximate surface area is 150 Å². The van der Waals surface area contributed by atoms with E-state index in [4.69, 9.17) is 9.84 Å². The molecule has 0 fully saturated rings. The predicted octanol–water partition coefficient (Wildman–Crippen LogP) is 2.21. The Morgan fingerprint density at radius 1 is 1.36 bits per heavy atom. The van der Waals surface area contributed by atoms with Crippen molar-refractivity contribution in [2.45, 2.75) is 13.8 Å². The summed E-state index contributed by atoms with van der Waals surface area (Å²) in [6, 6.07) is 9.78. The van der Waals surface area contributed by atoms with Crippen LogP contribution in [-0.4, -0.2) is 55.9 Å². The Morgan fingerprint density at radius 3 is 2.64 bits per heavy atom. The monoisotopic (exact) mass is 421 g/mol. The van der Waals surface area contributed by atoms with E-state index in [0.717, 1.165) is 24.8 Å². The molecule has 1 unspecified atom stereocenters. The van der Waals surface area contributed by atoms with E-state index >= 15 is 0 Å². The number of rotatable bonds is 8. The van der Waals surface area contributed by atoms with E-state index in [9.17, 15) is 0 Å². The molecule has 0 aromatic heterocycles. The Morgan fingerprint density at radius 2 is 2.05 bits per heavy atom. The molecule has 5 nitrogen and oxygen atoms in total. The standard InChI is InChI=1S/C16H27N3O2.HI/c1-4-17-16(18-12-14(2)13-20)19(3)10-11-21-15-8-6-5-7-9-15;/h5-9,14,20H,4,10-13H2,1-3H3,(H,17,18);1H. The number of aliphatic imine (C=N–C) groups is 1. The Hall–Kier alpha value is -1.02. The van der Waals surface area contributed by atoms with Crippen LogP contribution in [0.4, 0.5) is 0 Å². The molecular weight excluding hydrogens is 393 g/mol. The highest BCUT2D eigenvalue weighted by Gasteiger charge is 2.07. The second kappa shape index (κ2) is 12.5. The van der Waals surface area contributed by atoms with E-state index < -0.39 is 0 Å². The summed E-state index contributed by atoms with van der Waals surface area (Å²) in [6.07, 6.45) is 0. The molecule has 1 aromatic rings. The van der Waals surface area contributed by atoms with Crippen molar-refractivity contribution in [2.24, 2.45) is 10.9 Å². The van der Waals surface area contributed by atoms with Crippen molar-refractivity contribution >= 4 is 29.9 Å². The average Bonchev–Trinajstić information content (AvgIpc) is 2.51. The van der Waals surface area contributed by atoms with Gasteiger partial charge in [-0.05, 0) is 25.0 Å². The van der Waals surface area contributed by atoms with Gasteiger partial charge in [0, 0.05) is 26.7 Å². The normalized spacial score (nSPS) is 12.3. The van der Waals surface area contributed by atoms with Crippen LogP contribution in [0.25, 0.3) is 0 Å². The summed E-state index contributed by atoms with van der Waals surface area (Å²) < 4.78 is 5.69. The lowest BCUT2D eigenvalue weighted by molar-refractivity contribution is 0.241. The Balaban J connectivity index is 0.00000441. The third kappa shape index (κ3) is 8.43. The minimum Gasteiger partial charge on any atom is -0.492 e. The molecule has 0 spiro atoms. The van der Waals surface area contributed by atoms with Crippen LogP contribution in [-0.2, 0) is 0 Å². The summed E-state index contributed by atoms with van der Waals surface area (Å²) in [5, 5.41) is 12.3. The van der Waals surface area contributed by atoms with Gasteiger partial charge < -0.3 is 20.1 Å². The van der Waals surface area contributed by atoms with Gasteiger partial charge in [0.05, 0.1) is 6.54 Å². The van der Waals surface area contributed by atoms with Crippen LogP contribution in [0.2, 0.25) is 0 Å². The fourth-order valence-electron chi connectivity index (χ4n) is 1.69. The first-order valence-corrected chi connectivity index (χ1v) is 7.45. The molecule has 0 saturated carbocycles. The number of hydrogen-bond donors (Lipinski definition) is 2. The number of halogens is 1. The zero-order valence-electron chi connectivity index (χ0n) is 13.7. The van der Waals surface area contributed by atoms with Crippen molar-refractivity contribution in [3.8, 4) is 5.75 Å². The second-order valence-corrected chi connectivity index (χ2v) is 5.07. The largest absolute Gasteiger partial charge is 0.492 e. The second-order valence-electron chi connectivity index (χ2n) is 5.07. The van der Waals surface area contributed by atoms with E-state index in [2.05, 4.69) is 10.3 Å².